The van der Waals surface area contributed by atoms with Gasteiger partial charge in [-0.05, 0) is 48.7 Å². The van der Waals surface area contributed by atoms with E-state index < -0.39 is 5.97 Å². The summed E-state index contributed by atoms with van der Waals surface area (Å²) in [7, 11) is 0. The van der Waals surface area contributed by atoms with Crippen LogP contribution in [0.2, 0.25) is 0 Å². The lowest BCUT2D eigenvalue weighted by molar-refractivity contribution is 0.0697. The van der Waals surface area contributed by atoms with Crippen molar-refractivity contribution in [3.05, 3.63) is 63.5 Å². The Morgan fingerprint density at radius 1 is 1.00 bits per heavy atom. The minimum Gasteiger partial charge on any atom is -0.478 e. The normalized spacial score (nSPS) is 10.8. The van der Waals surface area contributed by atoms with E-state index in [0.717, 1.165) is 21.2 Å². The maximum Gasteiger partial charge on any atom is 0.338 e. The summed E-state index contributed by atoms with van der Waals surface area (Å²) < 4.78 is 0. The van der Waals surface area contributed by atoms with E-state index in [2.05, 4.69) is 5.32 Å². The smallest absolute Gasteiger partial charge is 0.338 e. The molecule has 24 heavy (non-hydrogen) atoms. The summed E-state index contributed by atoms with van der Waals surface area (Å²) in [5, 5.41) is 14.4. The largest absolute Gasteiger partial charge is 0.478 e. The third-order valence-corrected chi connectivity index (χ3v) is 5.34. The predicted octanol–water partition coefficient (Wildman–Crippen LogP) is 4.78. The van der Waals surface area contributed by atoms with Crippen LogP contribution in [0.1, 0.15) is 36.7 Å². The van der Waals surface area contributed by atoms with Crippen molar-refractivity contribution in [1.29, 1.82) is 0 Å². The molecule has 0 aliphatic heterocycles. The van der Waals surface area contributed by atoms with E-state index in [9.17, 15) is 14.7 Å². The zero-order chi connectivity index (χ0) is 17.4. The van der Waals surface area contributed by atoms with Gasteiger partial charge in [0.05, 0.1) is 5.56 Å². The van der Waals surface area contributed by atoms with Crippen molar-refractivity contribution in [1.82, 2.24) is 0 Å². The highest BCUT2D eigenvalue weighted by molar-refractivity contribution is 7.16. The average Bonchev–Trinajstić information content (AvgIpc) is 2.82. The lowest BCUT2D eigenvalue weighted by Gasteiger charge is -2.09. The van der Waals surface area contributed by atoms with Crippen LogP contribution in [0.5, 0.6) is 0 Å². The van der Waals surface area contributed by atoms with Crippen molar-refractivity contribution in [3.63, 3.8) is 0 Å². The Morgan fingerprint density at radius 2 is 1.67 bits per heavy atom. The average molecular weight is 339 g/mol. The molecule has 0 atom stereocenters. The Hall–Kier alpha value is -2.66. The van der Waals surface area contributed by atoms with Crippen LogP contribution in [0.15, 0.2) is 36.4 Å². The van der Waals surface area contributed by atoms with Crippen molar-refractivity contribution >= 4 is 39.0 Å². The molecule has 0 aliphatic carbocycles. The first-order chi connectivity index (χ1) is 11.4. The molecule has 4 nitrogen and oxygen atoms in total. The minimum absolute atomic E-state index is 0.169. The van der Waals surface area contributed by atoms with E-state index in [-0.39, 0.29) is 11.5 Å². The number of rotatable bonds is 3. The maximum absolute atomic E-state index is 12.7. The fraction of sp³-hybridized carbons (Fsp3) is 0.158. The van der Waals surface area contributed by atoms with Crippen LogP contribution in [0.3, 0.4) is 0 Å². The lowest BCUT2D eigenvalue weighted by atomic mass is 10.00. The minimum atomic E-state index is -1.03. The van der Waals surface area contributed by atoms with Crippen LogP contribution < -0.4 is 5.32 Å². The van der Waals surface area contributed by atoms with Crippen LogP contribution in [-0.2, 0) is 0 Å². The molecule has 2 N–H and O–H groups in total. The maximum atomic E-state index is 12.7. The number of fused-ring (bicyclic) bond motifs is 1. The summed E-state index contributed by atoms with van der Waals surface area (Å²) in [6.45, 7) is 5.61. The van der Waals surface area contributed by atoms with E-state index in [0.29, 0.717) is 16.1 Å². The van der Waals surface area contributed by atoms with Gasteiger partial charge in [0.25, 0.3) is 5.91 Å². The van der Waals surface area contributed by atoms with Gasteiger partial charge in [-0.15, -0.1) is 11.3 Å². The van der Waals surface area contributed by atoms with Crippen molar-refractivity contribution in [2.75, 3.05) is 5.32 Å². The standard InChI is InChI=1S/C19H17NO3S/c1-10-8-9-15(14-7-5-4-6-13(10)14)17(21)20-18-16(19(22)23)11(2)12(3)24-18/h4-9H,1-3H3,(H,20,21)(H,22,23). The van der Waals surface area contributed by atoms with Gasteiger partial charge < -0.3 is 10.4 Å². The van der Waals surface area contributed by atoms with Crippen LogP contribution >= 0.6 is 11.3 Å². The van der Waals surface area contributed by atoms with Gasteiger partial charge >= 0.3 is 5.97 Å². The topological polar surface area (TPSA) is 66.4 Å². The van der Waals surface area contributed by atoms with Gasteiger partial charge in [0.15, 0.2) is 0 Å². The number of thiophene rings is 1. The third kappa shape index (κ3) is 2.67. The Morgan fingerprint density at radius 3 is 2.33 bits per heavy atom. The molecule has 0 radical (unpaired) electrons. The van der Waals surface area contributed by atoms with Crippen molar-refractivity contribution in [2.45, 2.75) is 20.8 Å². The zero-order valence-electron chi connectivity index (χ0n) is 13.6. The highest BCUT2D eigenvalue weighted by Crippen LogP contribution is 2.33. The first kappa shape index (κ1) is 16.2. The first-order valence-electron chi connectivity index (χ1n) is 7.53. The second-order valence-electron chi connectivity index (χ2n) is 5.72. The number of anilines is 1. The van der Waals surface area contributed by atoms with Gasteiger partial charge in [0, 0.05) is 10.4 Å². The summed E-state index contributed by atoms with van der Waals surface area (Å²) in [5.41, 5.74) is 2.49. The van der Waals surface area contributed by atoms with Gasteiger partial charge in [-0.25, -0.2) is 4.79 Å². The summed E-state index contributed by atoms with van der Waals surface area (Å²) in [4.78, 5) is 25.1. The summed E-state index contributed by atoms with van der Waals surface area (Å²) in [6.07, 6.45) is 0. The van der Waals surface area contributed by atoms with Crippen LogP contribution in [0.25, 0.3) is 10.8 Å². The molecule has 5 heteroatoms. The van der Waals surface area contributed by atoms with E-state index in [1.165, 1.54) is 11.3 Å². The fourth-order valence-electron chi connectivity index (χ4n) is 2.79. The number of amides is 1. The molecule has 1 heterocycles. The number of carbonyl (C=O) groups excluding carboxylic acids is 1. The molecular weight excluding hydrogens is 322 g/mol. The quantitative estimate of drug-likeness (QED) is 0.722. The van der Waals surface area contributed by atoms with E-state index in [1.54, 1.807) is 13.0 Å². The fourth-order valence-corrected chi connectivity index (χ4v) is 3.84. The van der Waals surface area contributed by atoms with E-state index in [1.807, 2.05) is 44.2 Å². The number of hydrogen-bond donors (Lipinski definition) is 2. The Bertz CT molecular complexity index is 972. The number of carboxylic acid groups (broad SMARTS) is 1. The van der Waals surface area contributed by atoms with Gasteiger partial charge in [-0.2, -0.15) is 0 Å². The van der Waals surface area contributed by atoms with Gasteiger partial charge in [-0.3, -0.25) is 4.79 Å². The number of benzene rings is 2. The molecule has 3 aromatic rings. The Labute approximate surface area is 143 Å². The molecular formula is C19H17NO3S. The molecule has 3 rings (SSSR count). The van der Waals surface area contributed by atoms with Gasteiger partial charge in [0.2, 0.25) is 0 Å². The van der Waals surface area contributed by atoms with Crippen LogP contribution in [0, 0.1) is 20.8 Å². The molecule has 0 unspecified atom stereocenters. The van der Waals surface area contributed by atoms with Crippen LogP contribution in [-0.4, -0.2) is 17.0 Å². The lowest BCUT2D eigenvalue weighted by Crippen LogP contribution is -2.14. The molecule has 0 saturated carbocycles. The number of aryl methyl sites for hydroxylation is 2. The third-order valence-electron chi connectivity index (χ3n) is 4.21. The number of nitrogens with one attached hydrogen (secondary N) is 1. The Kier molecular flexibility index (Phi) is 4.11. The van der Waals surface area contributed by atoms with Gasteiger partial charge in [-0.1, -0.05) is 30.3 Å². The molecule has 0 fully saturated rings. The van der Waals surface area contributed by atoms with Crippen LogP contribution in [0.4, 0.5) is 5.00 Å². The highest BCUT2D eigenvalue weighted by Gasteiger charge is 2.21. The molecule has 1 amide bonds. The first-order valence-corrected chi connectivity index (χ1v) is 8.34. The molecule has 122 valence electrons. The molecule has 2 aromatic carbocycles. The number of aromatic carboxylic acids is 1. The second kappa shape index (κ2) is 6.09. The number of carbonyl (C=O) groups is 2. The molecule has 0 aliphatic rings. The number of carboxylic acids is 1. The van der Waals surface area contributed by atoms with Crippen molar-refractivity contribution < 1.29 is 14.7 Å². The SMILES string of the molecule is Cc1sc(NC(=O)c2ccc(C)c3ccccc23)c(C(=O)O)c1C. The second-order valence-corrected chi connectivity index (χ2v) is 6.95. The van der Waals surface area contributed by atoms with Crippen molar-refractivity contribution in [2.24, 2.45) is 0 Å². The molecule has 0 saturated heterocycles. The summed E-state index contributed by atoms with van der Waals surface area (Å²) in [5.74, 6) is -1.32. The monoisotopic (exact) mass is 339 g/mol. The van der Waals surface area contributed by atoms with Crippen molar-refractivity contribution in [3.8, 4) is 0 Å². The summed E-state index contributed by atoms with van der Waals surface area (Å²) >= 11 is 1.29. The zero-order valence-corrected chi connectivity index (χ0v) is 14.5. The predicted molar refractivity (Wildman–Crippen MR) is 97.4 cm³/mol. The van der Waals surface area contributed by atoms with Gasteiger partial charge in [0.1, 0.15) is 5.00 Å². The molecule has 0 spiro atoms. The molecule has 0 bridgehead atoms. The van der Waals surface area contributed by atoms with E-state index in [4.69, 9.17) is 0 Å². The highest BCUT2D eigenvalue weighted by atomic mass is 32.1. The number of hydrogen-bond acceptors (Lipinski definition) is 3. The Balaban J connectivity index is 2.05. The molecule has 1 aromatic heterocycles. The summed E-state index contributed by atoms with van der Waals surface area (Å²) in [6, 6.07) is 11.4. The van der Waals surface area contributed by atoms with E-state index >= 15 is 0 Å².